The lowest BCUT2D eigenvalue weighted by Gasteiger charge is -2.21. The van der Waals surface area contributed by atoms with E-state index in [0.29, 0.717) is 27.5 Å². The van der Waals surface area contributed by atoms with Crippen molar-refractivity contribution in [2.45, 2.75) is 18.2 Å². The van der Waals surface area contributed by atoms with Crippen molar-refractivity contribution in [2.75, 3.05) is 37.8 Å². The van der Waals surface area contributed by atoms with Gasteiger partial charge in [-0.15, -0.1) is 11.8 Å². The molecule has 0 spiro atoms. The average Bonchev–Trinajstić information content (AvgIpc) is 3.14. The van der Waals surface area contributed by atoms with Crippen LogP contribution in [0, 0.1) is 10.1 Å². The van der Waals surface area contributed by atoms with Crippen molar-refractivity contribution < 1.29 is 9.72 Å². The van der Waals surface area contributed by atoms with Crippen LogP contribution in [0.3, 0.4) is 0 Å². The van der Waals surface area contributed by atoms with Gasteiger partial charge >= 0.3 is 0 Å². The fourth-order valence-electron chi connectivity index (χ4n) is 2.98. The Kier molecular flexibility index (Phi) is 7.41. The van der Waals surface area contributed by atoms with E-state index in [2.05, 4.69) is 16.8 Å². The maximum absolute atomic E-state index is 13.3. The van der Waals surface area contributed by atoms with Gasteiger partial charge in [0.15, 0.2) is 5.13 Å². The number of non-ortho nitro benzene ring substituents is 1. The molecule has 3 rings (SSSR count). The molecule has 0 aliphatic rings. The Morgan fingerprint density at radius 1 is 1.17 bits per heavy atom. The highest BCUT2D eigenvalue weighted by Crippen LogP contribution is 2.32. The van der Waals surface area contributed by atoms with Crippen LogP contribution in [0.25, 0.3) is 10.2 Å². The molecule has 0 radical (unpaired) electrons. The minimum absolute atomic E-state index is 0.0206. The minimum Gasteiger partial charge on any atom is -0.309 e. The fourth-order valence-corrected chi connectivity index (χ4v) is 4.66. The first-order valence-corrected chi connectivity index (χ1v) is 11.4. The van der Waals surface area contributed by atoms with Crippen LogP contribution in [0.1, 0.15) is 23.7 Å². The zero-order valence-electron chi connectivity index (χ0n) is 17.2. The molecular formula is C21H24N4O3S2. The van der Waals surface area contributed by atoms with E-state index in [0.717, 1.165) is 23.6 Å². The number of hydrogen-bond donors (Lipinski definition) is 0. The Hall–Kier alpha value is -2.49. The van der Waals surface area contributed by atoms with Crippen LogP contribution in [0.15, 0.2) is 47.4 Å². The van der Waals surface area contributed by atoms with E-state index in [1.165, 1.54) is 23.5 Å². The molecule has 2 aromatic carbocycles. The third kappa shape index (κ3) is 5.35. The molecule has 9 heteroatoms. The standard InChI is InChI=1S/C21H24N4O3S2/c1-4-29-17-9-6-15(7-10-17)20(26)24(13-5-12-23(2)3)21-22-18-11-8-16(25(27)28)14-19(18)30-21/h6-11,14H,4-5,12-13H2,1-3H3. The van der Waals surface area contributed by atoms with Gasteiger partial charge in [-0.25, -0.2) is 4.98 Å². The van der Waals surface area contributed by atoms with Crippen LogP contribution in [-0.4, -0.2) is 53.7 Å². The van der Waals surface area contributed by atoms with Gasteiger partial charge in [0.05, 0.1) is 15.1 Å². The number of carbonyl (C=O) groups excluding carboxylic acids is 1. The molecule has 1 heterocycles. The second-order valence-electron chi connectivity index (χ2n) is 6.98. The Balaban J connectivity index is 1.92. The third-order valence-electron chi connectivity index (χ3n) is 4.45. The predicted octanol–water partition coefficient (Wildman–Crippen LogP) is 4.92. The largest absolute Gasteiger partial charge is 0.309 e. The van der Waals surface area contributed by atoms with E-state index in [4.69, 9.17) is 0 Å². The summed E-state index contributed by atoms with van der Waals surface area (Å²) in [6.45, 7) is 3.45. The molecule has 1 aromatic heterocycles. The molecule has 0 aliphatic carbocycles. The van der Waals surface area contributed by atoms with Crippen molar-refractivity contribution in [2.24, 2.45) is 0 Å². The first-order valence-electron chi connectivity index (χ1n) is 9.63. The number of fused-ring (bicyclic) bond motifs is 1. The second kappa shape index (κ2) is 10.0. The van der Waals surface area contributed by atoms with Gasteiger partial charge in [0.1, 0.15) is 0 Å². The normalized spacial score (nSPS) is 11.2. The van der Waals surface area contributed by atoms with Crippen molar-refractivity contribution in [3.05, 3.63) is 58.1 Å². The number of rotatable bonds is 9. The van der Waals surface area contributed by atoms with Crippen LogP contribution in [0.5, 0.6) is 0 Å². The van der Waals surface area contributed by atoms with Crippen molar-refractivity contribution in [3.8, 4) is 0 Å². The number of benzene rings is 2. The van der Waals surface area contributed by atoms with Crippen molar-refractivity contribution in [3.63, 3.8) is 0 Å². The van der Waals surface area contributed by atoms with Gasteiger partial charge in [0, 0.05) is 29.1 Å². The highest BCUT2D eigenvalue weighted by atomic mass is 32.2. The maximum Gasteiger partial charge on any atom is 0.270 e. The lowest BCUT2D eigenvalue weighted by molar-refractivity contribution is -0.384. The number of hydrogen-bond acceptors (Lipinski definition) is 7. The SMILES string of the molecule is CCSc1ccc(C(=O)N(CCCN(C)C)c2nc3ccc([N+](=O)[O-])cc3s2)cc1. The molecule has 0 aliphatic heterocycles. The second-order valence-corrected chi connectivity index (χ2v) is 9.32. The van der Waals surface area contributed by atoms with Crippen molar-refractivity contribution in [1.82, 2.24) is 9.88 Å². The number of nitrogens with zero attached hydrogens (tertiary/aromatic N) is 4. The smallest absolute Gasteiger partial charge is 0.270 e. The number of amides is 1. The summed E-state index contributed by atoms with van der Waals surface area (Å²) in [7, 11) is 3.99. The number of thiazole rings is 1. The van der Waals surface area contributed by atoms with Crippen molar-refractivity contribution >= 4 is 50.0 Å². The average molecular weight is 445 g/mol. The fraction of sp³-hybridized carbons (Fsp3) is 0.333. The number of aromatic nitrogens is 1. The van der Waals surface area contributed by atoms with Gasteiger partial charge in [0.2, 0.25) is 0 Å². The van der Waals surface area contributed by atoms with Crippen LogP contribution in [0.2, 0.25) is 0 Å². The molecule has 30 heavy (non-hydrogen) atoms. The van der Waals surface area contributed by atoms with Gasteiger partial charge in [0.25, 0.3) is 11.6 Å². The summed E-state index contributed by atoms with van der Waals surface area (Å²) in [5, 5.41) is 11.6. The summed E-state index contributed by atoms with van der Waals surface area (Å²) < 4.78 is 0.694. The van der Waals surface area contributed by atoms with Crippen LogP contribution >= 0.6 is 23.1 Å². The van der Waals surface area contributed by atoms with Gasteiger partial charge in [-0.3, -0.25) is 19.8 Å². The van der Waals surface area contributed by atoms with E-state index in [-0.39, 0.29) is 11.6 Å². The zero-order valence-corrected chi connectivity index (χ0v) is 18.8. The zero-order chi connectivity index (χ0) is 21.7. The molecular weight excluding hydrogens is 420 g/mol. The number of nitro benzene ring substituents is 1. The molecule has 0 bridgehead atoms. The Morgan fingerprint density at radius 3 is 2.53 bits per heavy atom. The van der Waals surface area contributed by atoms with Crippen LogP contribution in [-0.2, 0) is 0 Å². The highest BCUT2D eigenvalue weighted by Gasteiger charge is 2.22. The quantitative estimate of drug-likeness (QED) is 0.265. The molecule has 0 saturated heterocycles. The Labute approximate surface area is 183 Å². The van der Waals surface area contributed by atoms with E-state index in [1.54, 1.807) is 22.7 Å². The number of carbonyl (C=O) groups is 1. The molecule has 1 amide bonds. The Bertz CT molecular complexity index is 1030. The first kappa shape index (κ1) is 22.2. The van der Waals surface area contributed by atoms with Crippen LogP contribution < -0.4 is 4.90 Å². The lowest BCUT2D eigenvalue weighted by Crippen LogP contribution is -2.33. The van der Waals surface area contributed by atoms with Gasteiger partial charge in [-0.2, -0.15) is 0 Å². The minimum atomic E-state index is -0.422. The van der Waals surface area contributed by atoms with Gasteiger partial charge < -0.3 is 4.90 Å². The van der Waals surface area contributed by atoms with E-state index in [1.807, 2.05) is 38.4 Å². The molecule has 0 atom stereocenters. The highest BCUT2D eigenvalue weighted by molar-refractivity contribution is 7.99. The number of anilines is 1. The molecule has 0 N–H and O–H groups in total. The molecule has 0 fully saturated rings. The van der Waals surface area contributed by atoms with E-state index in [9.17, 15) is 14.9 Å². The third-order valence-corrected chi connectivity index (χ3v) is 6.38. The van der Waals surface area contributed by atoms with Crippen molar-refractivity contribution in [1.29, 1.82) is 0 Å². The molecule has 158 valence electrons. The molecule has 7 nitrogen and oxygen atoms in total. The monoisotopic (exact) mass is 444 g/mol. The van der Waals surface area contributed by atoms with Gasteiger partial charge in [-0.05, 0) is 63.1 Å². The summed E-state index contributed by atoms with van der Waals surface area (Å²) in [5.74, 6) is 0.859. The molecule has 0 saturated carbocycles. The lowest BCUT2D eigenvalue weighted by atomic mass is 10.2. The molecule has 3 aromatic rings. The van der Waals surface area contributed by atoms with E-state index < -0.39 is 4.92 Å². The molecule has 0 unspecified atom stereocenters. The van der Waals surface area contributed by atoms with E-state index >= 15 is 0 Å². The summed E-state index contributed by atoms with van der Waals surface area (Å²) in [6.07, 6.45) is 0.790. The summed E-state index contributed by atoms with van der Waals surface area (Å²) in [4.78, 5) is 33.4. The summed E-state index contributed by atoms with van der Waals surface area (Å²) >= 11 is 3.03. The first-order chi connectivity index (χ1) is 14.4. The topological polar surface area (TPSA) is 79.6 Å². The maximum atomic E-state index is 13.3. The predicted molar refractivity (Wildman–Crippen MR) is 124 cm³/mol. The summed E-state index contributed by atoms with van der Waals surface area (Å²) in [5.41, 5.74) is 1.28. The summed E-state index contributed by atoms with van der Waals surface area (Å²) in [6, 6.07) is 12.2. The van der Waals surface area contributed by atoms with Crippen LogP contribution in [0.4, 0.5) is 10.8 Å². The van der Waals surface area contributed by atoms with Gasteiger partial charge in [-0.1, -0.05) is 18.3 Å². The Morgan fingerprint density at radius 2 is 1.90 bits per heavy atom. The number of thioether (sulfide) groups is 1. The number of nitro groups is 1.